The number of carbonyl (C=O) groups excluding carboxylic acids is 1. The van der Waals surface area contributed by atoms with Gasteiger partial charge in [-0.1, -0.05) is 0 Å². The first-order valence-electron chi connectivity index (χ1n) is 4.60. The Hall–Kier alpha value is -0.640. The van der Waals surface area contributed by atoms with E-state index in [1.807, 2.05) is 0 Å². The zero-order chi connectivity index (χ0) is 9.73. The van der Waals surface area contributed by atoms with Gasteiger partial charge in [0.05, 0.1) is 19.2 Å². The van der Waals surface area contributed by atoms with Crippen LogP contribution < -0.4 is 5.32 Å². The summed E-state index contributed by atoms with van der Waals surface area (Å²) in [7, 11) is 1.37. The molecule has 0 saturated carbocycles. The van der Waals surface area contributed by atoms with E-state index in [4.69, 9.17) is 4.74 Å². The highest BCUT2D eigenvalue weighted by atomic mass is 19.1. The van der Waals surface area contributed by atoms with Crippen molar-refractivity contribution in [1.29, 1.82) is 0 Å². The third-order valence-electron chi connectivity index (χ3n) is 2.75. The van der Waals surface area contributed by atoms with E-state index < -0.39 is 12.1 Å². The zero-order valence-corrected chi connectivity index (χ0v) is 7.94. The van der Waals surface area contributed by atoms with Gasteiger partial charge >= 0.3 is 5.97 Å². The summed E-state index contributed by atoms with van der Waals surface area (Å²) < 4.78 is 17.0. The van der Waals surface area contributed by atoms with Crippen molar-refractivity contribution in [3.05, 3.63) is 0 Å². The molecule has 1 saturated heterocycles. The molecule has 1 aliphatic heterocycles. The summed E-state index contributed by atoms with van der Waals surface area (Å²) in [5, 5.41) is 3.15. The van der Waals surface area contributed by atoms with Gasteiger partial charge in [-0.25, -0.2) is 0 Å². The van der Waals surface area contributed by atoms with E-state index >= 15 is 0 Å². The second kappa shape index (κ2) is 4.56. The van der Waals surface area contributed by atoms with Crippen molar-refractivity contribution >= 4 is 5.97 Å². The molecule has 76 valence electrons. The molecule has 0 aromatic rings. The van der Waals surface area contributed by atoms with Crippen LogP contribution in [0.15, 0.2) is 0 Å². The minimum absolute atomic E-state index is 0.258. The van der Waals surface area contributed by atoms with Crippen LogP contribution in [0.25, 0.3) is 0 Å². The predicted octanol–water partition coefficient (Wildman–Crippen LogP) is 0.889. The van der Waals surface area contributed by atoms with E-state index in [0.29, 0.717) is 19.3 Å². The number of carbonyl (C=O) groups is 1. The van der Waals surface area contributed by atoms with E-state index in [-0.39, 0.29) is 5.97 Å². The molecule has 0 bridgehead atoms. The van der Waals surface area contributed by atoms with Gasteiger partial charge in [0.15, 0.2) is 0 Å². The number of hydrogen-bond acceptors (Lipinski definition) is 3. The van der Waals surface area contributed by atoms with Crippen molar-refractivity contribution in [2.24, 2.45) is 5.41 Å². The largest absolute Gasteiger partial charge is 0.469 e. The van der Waals surface area contributed by atoms with E-state index in [1.165, 1.54) is 7.11 Å². The quantitative estimate of drug-likeness (QED) is 0.670. The lowest BCUT2D eigenvalue weighted by molar-refractivity contribution is -0.155. The van der Waals surface area contributed by atoms with Gasteiger partial charge in [0.2, 0.25) is 0 Å². The second-order valence-electron chi connectivity index (χ2n) is 3.46. The molecule has 0 atom stereocenters. The van der Waals surface area contributed by atoms with Crippen LogP contribution in [0.1, 0.15) is 19.3 Å². The van der Waals surface area contributed by atoms with Crippen molar-refractivity contribution in [3.63, 3.8) is 0 Å². The van der Waals surface area contributed by atoms with E-state index in [2.05, 4.69) is 5.32 Å². The van der Waals surface area contributed by atoms with E-state index in [0.717, 1.165) is 13.1 Å². The molecular formula is C9H16FNO2. The van der Waals surface area contributed by atoms with Crippen molar-refractivity contribution in [2.75, 3.05) is 26.9 Å². The molecule has 4 heteroatoms. The van der Waals surface area contributed by atoms with E-state index in [1.54, 1.807) is 0 Å². The summed E-state index contributed by atoms with van der Waals surface area (Å²) in [6.45, 7) is 1.10. The number of hydrogen-bond donors (Lipinski definition) is 1. The molecule has 1 fully saturated rings. The SMILES string of the molecule is COC(=O)C1(CCF)CCNCC1. The Morgan fingerprint density at radius 2 is 2.15 bits per heavy atom. The molecule has 0 amide bonds. The van der Waals surface area contributed by atoms with Gasteiger partial charge < -0.3 is 10.1 Å². The van der Waals surface area contributed by atoms with Crippen LogP contribution in [0.2, 0.25) is 0 Å². The van der Waals surface area contributed by atoms with Crippen LogP contribution in [0.3, 0.4) is 0 Å². The summed E-state index contributed by atoms with van der Waals surface area (Å²) in [5.41, 5.74) is -0.561. The molecule has 0 aromatic heterocycles. The van der Waals surface area contributed by atoms with Gasteiger partial charge in [-0.15, -0.1) is 0 Å². The third kappa shape index (κ3) is 2.18. The Kier molecular flexibility index (Phi) is 3.66. The Morgan fingerprint density at radius 3 is 2.62 bits per heavy atom. The number of piperidine rings is 1. The lowest BCUT2D eigenvalue weighted by Crippen LogP contribution is -2.43. The summed E-state index contributed by atoms with van der Waals surface area (Å²) in [6.07, 6.45) is 1.66. The summed E-state index contributed by atoms with van der Waals surface area (Å²) in [4.78, 5) is 11.5. The maximum Gasteiger partial charge on any atom is 0.311 e. The summed E-state index contributed by atoms with van der Waals surface area (Å²) in [6, 6.07) is 0. The van der Waals surface area contributed by atoms with Gasteiger partial charge in [0.1, 0.15) is 0 Å². The lowest BCUT2D eigenvalue weighted by atomic mass is 9.76. The predicted molar refractivity (Wildman–Crippen MR) is 47.1 cm³/mol. The Morgan fingerprint density at radius 1 is 1.54 bits per heavy atom. The van der Waals surface area contributed by atoms with Crippen LogP contribution in [-0.4, -0.2) is 32.8 Å². The van der Waals surface area contributed by atoms with Crippen LogP contribution in [0, 0.1) is 5.41 Å². The van der Waals surface area contributed by atoms with Gasteiger partial charge in [-0.3, -0.25) is 9.18 Å². The smallest absolute Gasteiger partial charge is 0.311 e. The Labute approximate surface area is 77.6 Å². The van der Waals surface area contributed by atoms with E-state index in [9.17, 15) is 9.18 Å². The van der Waals surface area contributed by atoms with Crippen LogP contribution in [0.4, 0.5) is 4.39 Å². The standard InChI is InChI=1S/C9H16FNO2/c1-13-8(12)9(2-5-10)3-6-11-7-4-9/h11H,2-7H2,1H3. The number of halogens is 1. The average molecular weight is 189 g/mol. The number of alkyl halides is 1. The molecule has 3 nitrogen and oxygen atoms in total. The maximum absolute atomic E-state index is 12.3. The van der Waals surface area contributed by atoms with Crippen molar-refractivity contribution < 1.29 is 13.9 Å². The molecule has 0 radical (unpaired) electrons. The molecule has 0 unspecified atom stereocenters. The maximum atomic E-state index is 12.3. The van der Waals surface area contributed by atoms with Crippen molar-refractivity contribution in [1.82, 2.24) is 5.32 Å². The highest BCUT2D eigenvalue weighted by molar-refractivity contribution is 5.76. The molecule has 13 heavy (non-hydrogen) atoms. The van der Waals surface area contributed by atoms with Gasteiger partial charge in [-0.05, 0) is 32.4 Å². The fourth-order valence-electron chi connectivity index (χ4n) is 1.86. The fraction of sp³-hybridized carbons (Fsp3) is 0.889. The first-order chi connectivity index (χ1) is 6.25. The highest BCUT2D eigenvalue weighted by Gasteiger charge is 2.40. The summed E-state index contributed by atoms with van der Waals surface area (Å²) in [5.74, 6) is -0.258. The molecule has 1 rings (SSSR count). The lowest BCUT2D eigenvalue weighted by Gasteiger charge is -2.33. The molecule has 0 aromatic carbocycles. The fourth-order valence-corrected chi connectivity index (χ4v) is 1.86. The summed E-state index contributed by atoms with van der Waals surface area (Å²) >= 11 is 0. The number of ether oxygens (including phenoxy) is 1. The van der Waals surface area contributed by atoms with Crippen LogP contribution in [0.5, 0.6) is 0 Å². The molecular weight excluding hydrogens is 173 g/mol. The van der Waals surface area contributed by atoms with Gasteiger partial charge in [-0.2, -0.15) is 0 Å². The monoisotopic (exact) mass is 189 g/mol. The second-order valence-corrected chi connectivity index (χ2v) is 3.46. The van der Waals surface area contributed by atoms with Gasteiger partial charge in [0, 0.05) is 0 Å². The minimum atomic E-state index is -0.561. The van der Waals surface area contributed by atoms with Crippen LogP contribution >= 0.6 is 0 Å². The number of rotatable bonds is 3. The molecule has 1 heterocycles. The Bertz CT molecular complexity index is 173. The topological polar surface area (TPSA) is 38.3 Å². The normalized spacial score (nSPS) is 21.1. The van der Waals surface area contributed by atoms with Crippen molar-refractivity contribution in [3.8, 4) is 0 Å². The number of methoxy groups -OCH3 is 1. The number of esters is 1. The molecule has 0 aliphatic carbocycles. The van der Waals surface area contributed by atoms with Gasteiger partial charge in [0.25, 0.3) is 0 Å². The molecule has 1 N–H and O–H groups in total. The number of nitrogens with one attached hydrogen (secondary N) is 1. The Balaban J connectivity index is 2.66. The first kappa shape index (κ1) is 10.4. The molecule has 1 aliphatic rings. The average Bonchev–Trinajstić information content (AvgIpc) is 2.18. The highest BCUT2D eigenvalue weighted by Crippen LogP contribution is 2.33. The van der Waals surface area contributed by atoms with Crippen LogP contribution in [-0.2, 0) is 9.53 Å². The van der Waals surface area contributed by atoms with Crippen molar-refractivity contribution in [2.45, 2.75) is 19.3 Å². The molecule has 0 spiro atoms. The minimum Gasteiger partial charge on any atom is -0.469 e. The first-order valence-corrected chi connectivity index (χ1v) is 4.60. The zero-order valence-electron chi connectivity index (χ0n) is 7.94. The third-order valence-corrected chi connectivity index (χ3v) is 2.75.